The van der Waals surface area contributed by atoms with E-state index in [-0.39, 0.29) is 11.9 Å². The maximum absolute atomic E-state index is 11.8. The molecule has 1 unspecified atom stereocenters. The summed E-state index contributed by atoms with van der Waals surface area (Å²) in [6, 6.07) is 18.0. The molecule has 0 bridgehead atoms. The third kappa shape index (κ3) is 6.24. The Balaban J connectivity index is 1.61. The van der Waals surface area contributed by atoms with Gasteiger partial charge in [-0.3, -0.25) is 9.79 Å². The largest absolute Gasteiger partial charge is 0.368 e. The monoisotopic (exact) mass is 432 g/mol. The van der Waals surface area contributed by atoms with Gasteiger partial charge in [0.2, 0.25) is 0 Å². The number of para-hydroxylation sites is 1. The van der Waals surface area contributed by atoms with Gasteiger partial charge < -0.3 is 20.9 Å². The van der Waals surface area contributed by atoms with E-state index < -0.39 is 0 Å². The molecule has 3 N–H and O–H groups in total. The standard InChI is InChI=1S/C25H32N6O/c1-3-28-25(29-14-13-19-8-6-10-20(16-19)24(32)27-2)30-22-11-7-15-31(18-22)23-12-5-4-9-21(23)17-26/h4-6,8-10,12,16,22H,3,7,11,13-15,18H2,1-2H3,(H,27,32)(H2,28,29,30). The Morgan fingerprint density at radius 3 is 2.88 bits per heavy atom. The average molecular weight is 433 g/mol. The summed E-state index contributed by atoms with van der Waals surface area (Å²) >= 11 is 0. The van der Waals surface area contributed by atoms with Crippen molar-refractivity contribution in [3.8, 4) is 6.07 Å². The van der Waals surface area contributed by atoms with Crippen LogP contribution in [0, 0.1) is 11.3 Å². The number of rotatable bonds is 7. The van der Waals surface area contributed by atoms with E-state index >= 15 is 0 Å². The van der Waals surface area contributed by atoms with Crippen LogP contribution in [0.5, 0.6) is 0 Å². The Morgan fingerprint density at radius 2 is 2.09 bits per heavy atom. The molecule has 3 rings (SSSR count). The molecule has 7 nitrogen and oxygen atoms in total. The van der Waals surface area contributed by atoms with Crippen LogP contribution in [0.25, 0.3) is 0 Å². The molecule has 0 aliphatic carbocycles. The van der Waals surface area contributed by atoms with Crippen molar-refractivity contribution >= 4 is 17.6 Å². The van der Waals surface area contributed by atoms with Crippen molar-refractivity contribution in [2.45, 2.75) is 32.2 Å². The van der Waals surface area contributed by atoms with Gasteiger partial charge in [0, 0.05) is 44.8 Å². The van der Waals surface area contributed by atoms with Crippen molar-refractivity contribution in [1.82, 2.24) is 16.0 Å². The number of anilines is 1. The molecular weight excluding hydrogens is 400 g/mol. The second kappa shape index (κ2) is 11.8. The fourth-order valence-corrected chi connectivity index (χ4v) is 3.98. The zero-order valence-corrected chi connectivity index (χ0v) is 18.9. The topological polar surface area (TPSA) is 92.5 Å². The molecule has 0 spiro atoms. The van der Waals surface area contributed by atoms with Gasteiger partial charge in [0.15, 0.2) is 5.96 Å². The first-order valence-corrected chi connectivity index (χ1v) is 11.2. The molecule has 1 heterocycles. The maximum atomic E-state index is 11.8. The molecule has 32 heavy (non-hydrogen) atoms. The van der Waals surface area contributed by atoms with Gasteiger partial charge >= 0.3 is 0 Å². The smallest absolute Gasteiger partial charge is 0.251 e. The zero-order valence-electron chi connectivity index (χ0n) is 18.9. The van der Waals surface area contributed by atoms with Gasteiger partial charge in [-0.15, -0.1) is 0 Å². The second-order valence-electron chi connectivity index (χ2n) is 7.85. The van der Waals surface area contributed by atoms with Crippen molar-refractivity contribution in [2.24, 2.45) is 4.99 Å². The van der Waals surface area contributed by atoms with Gasteiger partial charge in [-0.05, 0) is 56.0 Å². The van der Waals surface area contributed by atoms with E-state index in [0.29, 0.717) is 17.7 Å². The number of nitrogens with zero attached hydrogens (tertiary/aromatic N) is 3. The Kier molecular flexibility index (Phi) is 8.50. The maximum Gasteiger partial charge on any atom is 0.251 e. The molecule has 1 atom stereocenters. The van der Waals surface area contributed by atoms with Crippen LogP contribution in [0.4, 0.5) is 5.69 Å². The minimum Gasteiger partial charge on any atom is -0.368 e. The summed E-state index contributed by atoms with van der Waals surface area (Å²) in [7, 11) is 1.64. The first kappa shape index (κ1) is 23.1. The van der Waals surface area contributed by atoms with Crippen molar-refractivity contribution in [3.05, 3.63) is 65.2 Å². The van der Waals surface area contributed by atoms with E-state index in [9.17, 15) is 10.1 Å². The Hall–Kier alpha value is -3.53. The van der Waals surface area contributed by atoms with Crippen molar-refractivity contribution in [3.63, 3.8) is 0 Å². The molecule has 168 valence electrons. The van der Waals surface area contributed by atoms with Crippen LogP contribution < -0.4 is 20.9 Å². The van der Waals surface area contributed by atoms with Gasteiger partial charge in [-0.1, -0.05) is 24.3 Å². The number of amides is 1. The van der Waals surface area contributed by atoms with E-state index in [1.54, 1.807) is 7.05 Å². The molecule has 1 amide bonds. The van der Waals surface area contributed by atoms with Crippen molar-refractivity contribution < 1.29 is 4.79 Å². The van der Waals surface area contributed by atoms with Crippen LogP contribution in [-0.2, 0) is 6.42 Å². The molecule has 1 saturated heterocycles. The quantitative estimate of drug-likeness (QED) is 0.462. The molecule has 2 aromatic rings. The number of hydrogen-bond donors (Lipinski definition) is 3. The molecule has 1 fully saturated rings. The van der Waals surface area contributed by atoms with E-state index in [2.05, 4.69) is 33.8 Å². The van der Waals surface area contributed by atoms with Crippen LogP contribution in [0.3, 0.4) is 0 Å². The van der Waals surface area contributed by atoms with E-state index in [0.717, 1.165) is 56.1 Å². The summed E-state index contributed by atoms with van der Waals surface area (Å²) in [5.74, 6) is 0.723. The highest BCUT2D eigenvalue weighted by atomic mass is 16.1. The summed E-state index contributed by atoms with van der Waals surface area (Å²) in [4.78, 5) is 18.9. The number of nitrogens with one attached hydrogen (secondary N) is 3. The van der Waals surface area contributed by atoms with Crippen LogP contribution in [0.15, 0.2) is 53.5 Å². The van der Waals surface area contributed by atoms with Gasteiger partial charge in [0.25, 0.3) is 5.91 Å². The van der Waals surface area contributed by atoms with Gasteiger partial charge in [-0.2, -0.15) is 5.26 Å². The van der Waals surface area contributed by atoms with Crippen LogP contribution in [-0.4, -0.2) is 51.1 Å². The molecule has 1 aliphatic heterocycles. The highest BCUT2D eigenvalue weighted by Gasteiger charge is 2.22. The van der Waals surface area contributed by atoms with Gasteiger partial charge in [0.05, 0.1) is 11.3 Å². The zero-order chi connectivity index (χ0) is 22.8. The third-order valence-corrected chi connectivity index (χ3v) is 5.56. The summed E-state index contributed by atoms with van der Waals surface area (Å²) in [5.41, 5.74) is 3.47. The number of hydrogen-bond acceptors (Lipinski definition) is 4. The highest BCUT2D eigenvalue weighted by Crippen LogP contribution is 2.23. The van der Waals surface area contributed by atoms with E-state index in [1.807, 2.05) is 48.5 Å². The summed E-state index contributed by atoms with van der Waals surface area (Å²) in [5, 5.41) is 19.0. The number of carbonyl (C=O) groups excluding carboxylic acids is 1. The Morgan fingerprint density at radius 1 is 1.25 bits per heavy atom. The lowest BCUT2D eigenvalue weighted by molar-refractivity contribution is 0.0963. The number of benzene rings is 2. The fourth-order valence-electron chi connectivity index (χ4n) is 3.98. The van der Waals surface area contributed by atoms with Crippen LogP contribution >= 0.6 is 0 Å². The lowest BCUT2D eigenvalue weighted by atomic mass is 10.0. The number of carbonyl (C=O) groups is 1. The average Bonchev–Trinajstić information content (AvgIpc) is 2.84. The normalized spacial score (nSPS) is 16.2. The number of aliphatic imine (C=N–C) groups is 1. The lowest BCUT2D eigenvalue weighted by Gasteiger charge is -2.35. The molecule has 0 saturated carbocycles. The predicted octanol–water partition coefficient (Wildman–Crippen LogP) is 2.68. The first-order chi connectivity index (χ1) is 15.6. The molecule has 0 radical (unpaired) electrons. The van der Waals surface area contributed by atoms with Crippen LogP contribution in [0.1, 0.15) is 41.3 Å². The van der Waals surface area contributed by atoms with Crippen molar-refractivity contribution in [1.29, 1.82) is 5.26 Å². The Labute approximate surface area is 190 Å². The minimum atomic E-state index is -0.0785. The first-order valence-electron chi connectivity index (χ1n) is 11.2. The second-order valence-corrected chi connectivity index (χ2v) is 7.85. The SMILES string of the molecule is CCNC(=NCCc1cccc(C(=O)NC)c1)NC1CCCN(c2ccccc2C#N)C1. The third-order valence-electron chi connectivity index (χ3n) is 5.56. The van der Waals surface area contributed by atoms with Crippen LogP contribution in [0.2, 0.25) is 0 Å². The lowest BCUT2D eigenvalue weighted by Crippen LogP contribution is -2.51. The summed E-state index contributed by atoms with van der Waals surface area (Å²) in [6.07, 6.45) is 2.88. The number of nitriles is 1. The fraction of sp³-hybridized carbons (Fsp3) is 0.400. The summed E-state index contributed by atoms with van der Waals surface area (Å²) < 4.78 is 0. The molecule has 7 heteroatoms. The minimum absolute atomic E-state index is 0.0785. The molecule has 0 aromatic heterocycles. The van der Waals surface area contributed by atoms with Gasteiger partial charge in [-0.25, -0.2) is 0 Å². The van der Waals surface area contributed by atoms with Gasteiger partial charge in [0.1, 0.15) is 6.07 Å². The number of guanidine groups is 1. The van der Waals surface area contributed by atoms with Crippen molar-refractivity contribution in [2.75, 3.05) is 38.1 Å². The molecular formula is C25H32N6O. The highest BCUT2D eigenvalue weighted by molar-refractivity contribution is 5.94. The van der Waals surface area contributed by atoms with E-state index in [1.165, 1.54) is 0 Å². The predicted molar refractivity (Wildman–Crippen MR) is 129 cm³/mol. The summed E-state index contributed by atoms with van der Waals surface area (Å²) in [6.45, 7) is 5.25. The number of piperidine rings is 1. The molecule has 1 aliphatic rings. The Bertz CT molecular complexity index is 980. The molecule has 2 aromatic carbocycles. The van der Waals surface area contributed by atoms with E-state index in [4.69, 9.17) is 4.99 Å².